The van der Waals surface area contributed by atoms with E-state index in [0.717, 1.165) is 23.3 Å². The molecule has 0 aliphatic carbocycles. The predicted molar refractivity (Wildman–Crippen MR) is 109 cm³/mol. The smallest absolute Gasteiger partial charge is 0.387 e. The van der Waals surface area contributed by atoms with E-state index in [1.165, 1.54) is 36.3 Å². The topological polar surface area (TPSA) is 41.6 Å². The number of ether oxygens (including phenoxy) is 1. The minimum absolute atomic E-state index is 0. The van der Waals surface area contributed by atoms with Gasteiger partial charge in [0.05, 0.1) is 4.88 Å². The summed E-state index contributed by atoms with van der Waals surface area (Å²) in [5, 5.41) is 3.60. The average Bonchev–Trinajstić information content (AvgIpc) is 3.27. The van der Waals surface area contributed by atoms with Crippen molar-refractivity contribution in [2.75, 3.05) is 7.05 Å². The Morgan fingerprint density at radius 2 is 1.79 bits per heavy atom. The number of carbonyl (C=O) groups excluding carboxylic acids is 1. The highest BCUT2D eigenvalue weighted by atomic mass is 35.5. The number of piperidine rings is 1. The number of hydrogen-bond acceptors (Lipinski definition) is 4. The quantitative estimate of drug-likeness (QED) is 0.744. The van der Waals surface area contributed by atoms with Gasteiger partial charge in [-0.2, -0.15) is 8.78 Å². The fourth-order valence-electron chi connectivity index (χ4n) is 4.09. The highest BCUT2D eigenvalue weighted by Crippen LogP contribution is 2.33. The molecule has 0 radical (unpaired) electrons. The summed E-state index contributed by atoms with van der Waals surface area (Å²) in [5.41, 5.74) is 0.878. The third-order valence-corrected chi connectivity index (χ3v) is 6.62. The van der Waals surface area contributed by atoms with Crippen LogP contribution in [0.25, 0.3) is 10.4 Å². The first-order valence-electron chi connectivity index (χ1n) is 9.18. The first-order valence-corrected chi connectivity index (χ1v) is 9.99. The van der Waals surface area contributed by atoms with Crippen molar-refractivity contribution in [1.29, 1.82) is 0 Å². The summed E-state index contributed by atoms with van der Waals surface area (Å²) in [4.78, 5) is 16.4. The Kier molecular flexibility index (Phi) is 6.58. The monoisotopic (exact) mass is 428 g/mol. The maximum atomic E-state index is 12.9. The Balaban J connectivity index is 0.00000225. The van der Waals surface area contributed by atoms with Crippen molar-refractivity contribution in [3.05, 3.63) is 41.3 Å². The average molecular weight is 429 g/mol. The largest absolute Gasteiger partial charge is 0.435 e. The number of nitrogens with one attached hydrogen (secondary N) is 1. The summed E-state index contributed by atoms with van der Waals surface area (Å²) in [7, 11) is 1.90. The zero-order valence-corrected chi connectivity index (χ0v) is 17.1. The standard InChI is InChI=1S/C20H22F2N2O2S.ClH/c1-24(15-10-13-4-5-14(11-15)23-13)19(25)18-9-8-17(27-18)12-2-6-16(7-3-12)26-20(21)22;/h2-3,6-9,13-15,20,23H,4-5,10-11H2,1H3;1H. The lowest BCUT2D eigenvalue weighted by Crippen LogP contribution is -2.48. The number of hydrogen-bond donors (Lipinski definition) is 1. The van der Waals surface area contributed by atoms with Gasteiger partial charge in [-0.05, 0) is 67.6 Å². The number of amides is 1. The van der Waals surface area contributed by atoms with Gasteiger partial charge in [0.15, 0.2) is 0 Å². The highest BCUT2D eigenvalue weighted by molar-refractivity contribution is 7.17. The molecular formula is C20H23ClF2N2O2S. The van der Waals surface area contributed by atoms with E-state index in [1.807, 2.05) is 24.1 Å². The van der Waals surface area contributed by atoms with Crippen LogP contribution in [-0.2, 0) is 0 Å². The fourth-order valence-corrected chi connectivity index (χ4v) is 5.09. The number of benzene rings is 1. The Morgan fingerprint density at radius 3 is 2.39 bits per heavy atom. The van der Waals surface area contributed by atoms with E-state index in [2.05, 4.69) is 10.1 Å². The Morgan fingerprint density at radius 1 is 1.14 bits per heavy atom. The van der Waals surface area contributed by atoms with Crippen LogP contribution in [-0.4, -0.2) is 42.6 Å². The maximum absolute atomic E-state index is 12.9. The van der Waals surface area contributed by atoms with Gasteiger partial charge in [-0.15, -0.1) is 23.7 Å². The minimum atomic E-state index is -2.83. The molecule has 3 heterocycles. The molecule has 4 rings (SSSR count). The first kappa shape index (κ1) is 21.0. The van der Waals surface area contributed by atoms with Gasteiger partial charge in [0.1, 0.15) is 5.75 Å². The first-order chi connectivity index (χ1) is 13.0. The molecule has 1 aromatic heterocycles. The number of fused-ring (bicyclic) bond motifs is 2. The lowest BCUT2D eigenvalue weighted by atomic mass is 9.98. The Hall–Kier alpha value is -1.70. The molecule has 8 heteroatoms. The van der Waals surface area contributed by atoms with Crippen molar-refractivity contribution in [2.45, 2.75) is 50.4 Å². The van der Waals surface area contributed by atoms with Crippen LogP contribution in [0, 0.1) is 0 Å². The molecule has 2 fully saturated rings. The molecule has 28 heavy (non-hydrogen) atoms. The van der Waals surface area contributed by atoms with E-state index in [9.17, 15) is 13.6 Å². The van der Waals surface area contributed by atoms with E-state index in [4.69, 9.17) is 0 Å². The summed E-state index contributed by atoms with van der Waals surface area (Å²) < 4.78 is 28.9. The second-order valence-corrected chi connectivity index (χ2v) is 8.33. The Labute approximate surface area is 173 Å². The maximum Gasteiger partial charge on any atom is 0.387 e. The molecule has 2 unspecified atom stereocenters. The van der Waals surface area contributed by atoms with Crippen molar-refractivity contribution in [3.63, 3.8) is 0 Å². The van der Waals surface area contributed by atoms with Crippen LogP contribution >= 0.6 is 23.7 Å². The summed E-state index contributed by atoms with van der Waals surface area (Å²) in [6.45, 7) is -2.83. The molecule has 4 nitrogen and oxygen atoms in total. The second-order valence-electron chi connectivity index (χ2n) is 7.25. The number of carbonyl (C=O) groups is 1. The van der Waals surface area contributed by atoms with Crippen molar-refractivity contribution in [3.8, 4) is 16.2 Å². The number of nitrogens with zero attached hydrogens (tertiary/aromatic N) is 1. The van der Waals surface area contributed by atoms with Crippen molar-refractivity contribution in [2.24, 2.45) is 0 Å². The molecule has 2 bridgehead atoms. The van der Waals surface area contributed by atoms with Crippen LogP contribution in [0.5, 0.6) is 5.75 Å². The van der Waals surface area contributed by atoms with Crippen LogP contribution < -0.4 is 10.1 Å². The van der Waals surface area contributed by atoms with E-state index in [0.29, 0.717) is 17.0 Å². The molecule has 1 N–H and O–H groups in total. The van der Waals surface area contributed by atoms with Crippen molar-refractivity contribution in [1.82, 2.24) is 10.2 Å². The molecule has 0 spiro atoms. The fraction of sp³-hybridized carbons (Fsp3) is 0.450. The van der Waals surface area contributed by atoms with Crippen LogP contribution in [0.15, 0.2) is 36.4 Å². The van der Waals surface area contributed by atoms with Gasteiger partial charge in [-0.3, -0.25) is 4.79 Å². The molecule has 1 aromatic carbocycles. The van der Waals surface area contributed by atoms with Crippen molar-refractivity contribution >= 4 is 29.7 Å². The van der Waals surface area contributed by atoms with Gasteiger partial charge in [0.25, 0.3) is 5.91 Å². The summed E-state index contributed by atoms with van der Waals surface area (Å²) in [6, 6.07) is 11.6. The SMILES string of the molecule is CN(C(=O)c1ccc(-c2ccc(OC(F)F)cc2)s1)C1CC2CCC(C1)N2.Cl. The lowest BCUT2D eigenvalue weighted by molar-refractivity contribution is -0.0498. The van der Waals surface area contributed by atoms with Crippen LogP contribution in [0.2, 0.25) is 0 Å². The third-order valence-electron chi connectivity index (χ3n) is 5.50. The predicted octanol–water partition coefficient (Wildman–Crippen LogP) is 4.79. The highest BCUT2D eigenvalue weighted by Gasteiger charge is 2.36. The summed E-state index contributed by atoms with van der Waals surface area (Å²) in [5.74, 6) is 0.178. The van der Waals surface area contributed by atoms with E-state index in [-0.39, 0.29) is 30.1 Å². The van der Waals surface area contributed by atoms with Gasteiger partial charge in [0, 0.05) is 30.1 Å². The number of rotatable bonds is 5. The second kappa shape index (κ2) is 8.76. The molecule has 1 amide bonds. The number of thiophene rings is 1. The van der Waals surface area contributed by atoms with Crippen molar-refractivity contribution < 1.29 is 18.3 Å². The van der Waals surface area contributed by atoms with Gasteiger partial charge in [-0.1, -0.05) is 0 Å². The molecule has 2 saturated heterocycles. The molecule has 2 aromatic rings. The van der Waals surface area contributed by atoms with Gasteiger partial charge in [-0.25, -0.2) is 0 Å². The van der Waals surface area contributed by atoms with E-state index < -0.39 is 6.61 Å². The van der Waals surface area contributed by atoms with Crippen LogP contribution in [0.3, 0.4) is 0 Å². The van der Waals surface area contributed by atoms with Crippen LogP contribution in [0.4, 0.5) is 8.78 Å². The van der Waals surface area contributed by atoms with Gasteiger partial charge < -0.3 is 15.0 Å². The molecule has 2 atom stereocenters. The van der Waals surface area contributed by atoms with Crippen LogP contribution in [0.1, 0.15) is 35.4 Å². The molecule has 0 saturated carbocycles. The zero-order chi connectivity index (χ0) is 19.0. The molecule has 2 aliphatic rings. The zero-order valence-electron chi connectivity index (χ0n) is 15.4. The number of alkyl halides is 2. The van der Waals surface area contributed by atoms with Gasteiger partial charge >= 0.3 is 6.61 Å². The lowest BCUT2D eigenvalue weighted by Gasteiger charge is -2.35. The molecule has 2 aliphatic heterocycles. The van der Waals surface area contributed by atoms with E-state index in [1.54, 1.807) is 12.1 Å². The summed E-state index contributed by atoms with van der Waals surface area (Å²) in [6.07, 6.45) is 4.44. The minimum Gasteiger partial charge on any atom is -0.435 e. The molecular weight excluding hydrogens is 406 g/mol. The summed E-state index contributed by atoms with van der Waals surface area (Å²) >= 11 is 1.43. The molecule has 152 valence electrons. The normalized spacial score (nSPS) is 23.4. The Bertz CT molecular complexity index is 803. The van der Waals surface area contributed by atoms with Gasteiger partial charge in [0.2, 0.25) is 0 Å². The number of halogens is 3. The third kappa shape index (κ3) is 4.47. The van der Waals surface area contributed by atoms with E-state index >= 15 is 0 Å².